The van der Waals surface area contributed by atoms with Crippen LogP contribution < -0.4 is 4.74 Å². The number of ether oxygens (including phenoxy) is 1. The summed E-state index contributed by atoms with van der Waals surface area (Å²) in [5, 5.41) is 1.03. The van der Waals surface area contributed by atoms with Crippen LogP contribution >= 0.6 is 0 Å². The smallest absolute Gasteiger partial charge is 0.406 e. The number of rotatable bonds is 6. The number of amides is 1. The van der Waals surface area contributed by atoms with Crippen LogP contribution in [0.5, 0.6) is 5.75 Å². The first-order chi connectivity index (χ1) is 18.2. The van der Waals surface area contributed by atoms with Gasteiger partial charge >= 0.3 is 6.36 Å². The third-order valence-electron chi connectivity index (χ3n) is 6.98. The molecule has 0 bridgehead atoms. The number of aromatic amines is 1. The van der Waals surface area contributed by atoms with Crippen LogP contribution in [0.3, 0.4) is 0 Å². The maximum atomic E-state index is 15.1. The average molecular weight is 526 g/mol. The summed E-state index contributed by atoms with van der Waals surface area (Å²) in [6.07, 6.45) is -1.68. The maximum absolute atomic E-state index is 15.1. The molecule has 1 N–H and O–H groups in total. The maximum Gasteiger partial charge on any atom is 0.573 e. The summed E-state index contributed by atoms with van der Waals surface area (Å²) in [6.45, 7) is 1.50. The standard InChI is InChI=1S/C29H27F4N3O2/c1-35-13-10-24(11-14-35)36(28(37)22-3-2-4-25(17-22)38-29(31,32)33)18-23-16-19(5-7-26(23)30)20-6-8-27-21(15-20)9-12-34-27/h2-9,12,15-17,24,34H,10-11,13-14,18H2,1H3. The third kappa shape index (κ3) is 5.83. The summed E-state index contributed by atoms with van der Waals surface area (Å²) in [7, 11) is 1.99. The zero-order chi connectivity index (χ0) is 26.9. The largest absolute Gasteiger partial charge is 0.573 e. The summed E-state index contributed by atoms with van der Waals surface area (Å²) in [6, 6.07) is 17.5. The van der Waals surface area contributed by atoms with Gasteiger partial charge in [-0.3, -0.25) is 4.79 Å². The lowest BCUT2D eigenvalue weighted by Gasteiger charge is -2.37. The lowest BCUT2D eigenvalue weighted by Crippen LogP contribution is -2.46. The first-order valence-electron chi connectivity index (χ1n) is 12.4. The van der Waals surface area contributed by atoms with Gasteiger partial charge in [0.2, 0.25) is 0 Å². The number of fused-ring (bicyclic) bond motifs is 1. The Kier molecular flexibility index (Phi) is 7.12. The molecule has 9 heteroatoms. The average Bonchev–Trinajstić information content (AvgIpc) is 3.36. The Morgan fingerprint density at radius 1 is 1.03 bits per heavy atom. The number of halogens is 4. The number of alkyl halides is 3. The van der Waals surface area contributed by atoms with E-state index in [1.165, 1.54) is 18.2 Å². The minimum absolute atomic E-state index is 0.0103. The van der Waals surface area contributed by atoms with Gasteiger partial charge in [0.1, 0.15) is 11.6 Å². The Balaban J connectivity index is 1.47. The lowest BCUT2D eigenvalue weighted by molar-refractivity contribution is -0.274. The number of hydrogen-bond acceptors (Lipinski definition) is 3. The monoisotopic (exact) mass is 525 g/mol. The van der Waals surface area contributed by atoms with Gasteiger partial charge in [-0.05, 0) is 98.0 Å². The zero-order valence-corrected chi connectivity index (χ0v) is 20.8. The van der Waals surface area contributed by atoms with Crippen molar-refractivity contribution in [1.82, 2.24) is 14.8 Å². The number of likely N-dealkylation sites (tertiary alicyclic amines) is 1. The minimum atomic E-state index is -4.87. The van der Waals surface area contributed by atoms with Gasteiger partial charge < -0.3 is 19.5 Å². The van der Waals surface area contributed by atoms with E-state index in [1.807, 2.05) is 37.5 Å². The van der Waals surface area contributed by atoms with Crippen molar-refractivity contribution in [2.45, 2.75) is 31.8 Å². The third-order valence-corrected chi connectivity index (χ3v) is 6.98. The Labute approximate surface area is 217 Å². The van der Waals surface area contributed by atoms with E-state index < -0.39 is 23.8 Å². The van der Waals surface area contributed by atoms with Crippen molar-refractivity contribution in [2.24, 2.45) is 0 Å². The molecule has 0 unspecified atom stereocenters. The van der Waals surface area contributed by atoms with Crippen molar-refractivity contribution in [3.8, 4) is 16.9 Å². The molecule has 1 amide bonds. The molecule has 1 aliphatic heterocycles. The number of piperidine rings is 1. The lowest BCUT2D eigenvalue weighted by atomic mass is 9.98. The van der Waals surface area contributed by atoms with Crippen molar-refractivity contribution in [2.75, 3.05) is 20.1 Å². The van der Waals surface area contributed by atoms with E-state index in [1.54, 1.807) is 17.0 Å². The fraction of sp³-hybridized carbons (Fsp3) is 0.276. The second-order valence-electron chi connectivity index (χ2n) is 9.63. The molecule has 5 rings (SSSR count). The summed E-state index contributed by atoms with van der Waals surface area (Å²) in [5.41, 5.74) is 3.10. The molecule has 0 radical (unpaired) electrons. The van der Waals surface area contributed by atoms with Gasteiger partial charge in [0.25, 0.3) is 5.91 Å². The number of nitrogens with zero attached hydrogens (tertiary/aromatic N) is 2. The second-order valence-corrected chi connectivity index (χ2v) is 9.63. The van der Waals surface area contributed by atoms with Gasteiger partial charge in [-0.15, -0.1) is 13.2 Å². The molecule has 1 aliphatic rings. The number of H-pyrrole nitrogens is 1. The molecular formula is C29H27F4N3O2. The van der Waals surface area contributed by atoms with E-state index in [9.17, 15) is 18.0 Å². The second kappa shape index (κ2) is 10.5. The van der Waals surface area contributed by atoms with E-state index in [0.29, 0.717) is 18.4 Å². The predicted molar refractivity (Wildman–Crippen MR) is 137 cm³/mol. The Hall–Kier alpha value is -3.85. The highest BCUT2D eigenvalue weighted by Crippen LogP contribution is 2.29. The summed E-state index contributed by atoms with van der Waals surface area (Å²) < 4.78 is 57.4. The number of aromatic nitrogens is 1. The molecule has 0 spiro atoms. The molecular weight excluding hydrogens is 498 g/mol. The van der Waals surface area contributed by atoms with Crippen LogP contribution in [0, 0.1) is 5.82 Å². The molecule has 0 atom stereocenters. The highest BCUT2D eigenvalue weighted by molar-refractivity contribution is 5.95. The number of nitrogens with one attached hydrogen (secondary N) is 1. The van der Waals surface area contributed by atoms with Crippen LogP contribution in [0.15, 0.2) is 72.9 Å². The predicted octanol–water partition coefficient (Wildman–Crippen LogP) is 6.61. The zero-order valence-electron chi connectivity index (χ0n) is 20.8. The van der Waals surface area contributed by atoms with Crippen LogP contribution in [-0.4, -0.2) is 53.2 Å². The topological polar surface area (TPSA) is 48.6 Å². The van der Waals surface area contributed by atoms with Crippen LogP contribution in [0.2, 0.25) is 0 Å². The molecule has 4 aromatic rings. The van der Waals surface area contributed by atoms with Crippen LogP contribution in [-0.2, 0) is 6.54 Å². The molecule has 3 aromatic carbocycles. The number of carbonyl (C=O) groups excluding carboxylic acids is 1. The first kappa shape index (κ1) is 25.8. The summed E-state index contributed by atoms with van der Waals surface area (Å²) in [4.78, 5) is 20.6. The normalized spacial score (nSPS) is 15.1. The van der Waals surface area contributed by atoms with E-state index >= 15 is 4.39 Å². The van der Waals surface area contributed by atoms with Crippen molar-refractivity contribution in [3.05, 3.63) is 89.9 Å². The van der Waals surface area contributed by atoms with Crippen LogP contribution in [0.1, 0.15) is 28.8 Å². The van der Waals surface area contributed by atoms with Gasteiger partial charge in [-0.25, -0.2) is 4.39 Å². The molecule has 0 saturated carbocycles. The van der Waals surface area contributed by atoms with E-state index in [2.05, 4.69) is 14.6 Å². The van der Waals surface area contributed by atoms with E-state index in [-0.39, 0.29) is 18.2 Å². The van der Waals surface area contributed by atoms with E-state index in [4.69, 9.17) is 0 Å². The van der Waals surface area contributed by atoms with Gasteiger partial charge in [0.05, 0.1) is 0 Å². The molecule has 5 nitrogen and oxygen atoms in total. The highest BCUT2D eigenvalue weighted by Gasteiger charge is 2.32. The molecule has 1 aromatic heterocycles. The SMILES string of the molecule is CN1CCC(N(Cc2cc(-c3ccc4[nH]ccc4c3)ccc2F)C(=O)c2cccc(OC(F)(F)F)c2)CC1. The van der Waals surface area contributed by atoms with Gasteiger partial charge in [0.15, 0.2) is 0 Å². The number of hydrogen-bond donors (Lipinski definition) is 1. The minimum Gasteiger partial charge on any atom is -0.406 e. The van der Waals surface area contributed by atoms with Gasteiger partial charge in [-0.2, -0.15) is 0 Å². The Morgan fingerprint density at radius 2 is 1.76 bits per heavy atom. The van der Waals surface area contributed by atoms with E-state index in [0.717, 1.165) is 47.3 Å². The molecule has 1 saturated heterocycles. The van der Waals surface area contributed by atoms with Crippen LogP contribution in [0.25, 0.3) is 22.0 Å². The molecule has 1 fully saturated rings. The van der Waals surface area contributed by atoms with Crippen molar-refractivity contribution in [3.63, 3.8) is 0 Å². The number of benzene rings is 3. The first-order valence-corrected chi connectivity index (χ1v) is 12.4. The quantitative estimate of drug-likeness (QED) is 0.288. The fourth-order valence-corrected chi connectivity index (χ4v) is 4.96. The molecule has 198 valence electrons. The Bertz CT molecular complexity index is 1440. The van der Waals surface area contributed by atoms with Crippen molar-refractivity contribution in [1.29, 1.82) is 0 Å². The summed E-state index contributed by atoms with van der Waals surface area (Å²) >= 11 is 0. The Morgan fingerprint density at radius 3 is 2.53 bits per heavy atom. The number of carbonyl (C=O) groups is 1. The van der Waals surface area contributed by atoms with Crippen molar-refractivity contribution < 1.29 is 27.1 Å². The summed E-state index contributed by atoms with van der Waals surface area (Å²) in [5.74, 6) is -1.39. The molecule has 38 heavy (non-hydrogen) atoms. The van der Waals surface area contributed by atoms with Gasteiger partial charge in [0, 0.05) is 35.4 Å². The van der Waals surface area contributed by atoms with Crippen molar-refractivity contribution >= 4 is 16.8 Å². The van der Waals surface area contributed by atoms with Gasteiger partial charge in [-0.1, -0.05) is 18.2 Å². The highest BCUT2D eigenvalue weighted by atomic mass is 19.4. The van der Waals surface area contributed by atoms with Crippen LogP contribution in [0.4, 0.5) is 17.6 Å². The molecule has 2 heterocycles. The molecule has 0 aliphatic carbocycles. The fourth-order valence-electron chi connectivity index (χ4n) is 4.96.